The van der Waals surface area contributed by atoms with Gasteiger partial charge in [-0.2, -0.15) is 0 Å². The quantitative estimate of drug-likeness (QED) is 0.782. The molecule has 3 rings (SSSR count). The average Bonchev–Trinajstić information content (AvgIpc) is 2.67. The zero-order valence-electron chi connectivity index (χ0n) is 16.6. The summed E-state index contributed by atoms with van der Waals surface area (Å²) < 4.78 is 0. The Kier molecular flexibility index (Phi) is 6.76. The van der Waals surface area contributed by atoms with Crippen LogP contribution in [0.25, 0.3) is 0 Å². The topological polar surface area (TPSA) is 74.3 Å². The molecular formula is C22H28N4O2. The van der Waals surface area contributed by atoms with Gasteiger partial charge in [0.25, 0.3) is 0 Å². The van der Waals surface area contributed by atoms with Gasteiger partial charge in [-0.25, -0.2) is 0 Å². The number of hydrogen-bond donors (Lipinski definition) is 2. The molecule has 28 heavy (non-hydrogen) atoms. The SMILES string of the molecule is Cc1cc(C)cc(NC(=O)C(=O)NCC2CCN(Cc3cccnc3)CC2)c1. The first-order valence-electron chi connectivity index (χ1n) is 9.78. The normalized spacial score (nSPS) is 15.2. The highest BCUT2D eigenvalue weighted by Gasteiger charge is 2.21. The summed E-state index contributed by atoms with van der Waals surface area (Å²) in [5.74, 6) is -0.779. The maximum absolute atomic E-state index is 12.1. The van der Waals surface area contributed by atoms with Crippen LogP contribution in [0.15, 0.2) is 42.7 Å². The zero-order chi connectivity index (χ0) is 19.9. The van der Waals surface area contributed by atoms with Gasteiger partial charge in [-0.05, 0) is 80.6 Å². The maximum Gasteiger partial charge on any atom is 0.313 e. The Labute approximate surface area is 166 Å². The predicted molar refractivity (Wildman–Crippen MR) is 110 cm³/mol. The average molecular weight is 380 g/mol. The molecule has 6 nitrogen and oxygen atoms in total. The Morgan fingerprint density at radius 1 is 1.11 bits per heavy atom. The Morgan fingerprint density at radius 2 is 1.82 bits per heavy atom. The van der Waals surface area contributed by atoms with Gasteiger partial charge in [-0.15, -0.1) is 0 Å². The maximum atomic E-state index is 12.1. The van der Waals surface area contributed by atoms with Crippen LogP contribution in [0.4, 0.5) is 5.69 Å². The summed E-state index contributed by atoms with van der Waals surface area (Å²) in [5, 5.41) is 5.47. The second-order valence-corrected chi connectivity index (χ2v) is 7.62. The van der Waals surface area contributed by atoms with E-state index >= 15 is 0 Å². The molecule has 1 fully saturated rings. The van der Waals surface area contributed by atoms with Gasteiger partial charge in [0.15, 0.2) is 0 Å². The lowest BCUT2D eigenvalue weighted by Gasteiger charge is -2.31. The van der Waals surface area contributed by atoms with Crippen LogP contribution in [0.5, 0.6) is 0 Å². The van der Waals surface area contributed by atoms with E-state index in [4.69, 9.17) is 0 Å². The molecule has 2 N–H and O–H groups in total. The van der Waals surface area contributed by atoms with Crippen molar-refractivity contribution in [3.63, 3.8) is 0 Å². The van der Waals surface area contributed by atoms with Crippen LogP contribution in [0.1, 0.15) is 29.5 Å². The Hall–Kier alpha value is -2.73. The van der Waals surface area contributed by atoms with E-state index in [1.54, 1.807) is 6.20 Å². The van der Waals surface area contributed by atoms with Gasteiger partial charge >= 0.3 is 11.8 Å². The summed E-state index contributed by atoms with van der Waals surface area (Å²) in [6.45, 7) is 7.35. The van der Waals surface area contributed by atoms with E-state index in [2.05, 4.69) is 26.6 Å². The molecule has 1 aliphatic heterocycles. The summed E-state index contributed by atoms with van der Waals surface area (Å²) in [7, 11) is 0. The van der Waals surface area contributed by atoms with E-state index in [-0.39, 0.29) is 0 Å². The Morgan fingerprint density at radius 3 is 2.46 bits per heavy atom. The van der Waals surface area contributed by atoms with Crippen molar-refractivity contribution in [1.82, 2.24) is 15.2 Å². The van der Waals surface area contributed by atoms with Gasteiger partial charge in [-0.3, -0.25) is 19.5 Å². The van der Waals surface area contributed by atoms with Crippen LogP contribution in [-0.4, -0.2) is 41.3 Å². The van der Waals surface area contributed by atoms with Crippen LogP contribution < -0.4 is 10.6 Å². The molecule has 148 valence electrons. The van der Waals surface area contributed by atoms with E-state index in [0.29, 0.717) is 18.2 Å². The van der Waals surface area contributed by atoms with Crippen LogP contribution in [-0.2, 0) is 16.1 Å². The third-order valence-corrected chi connectivity index (χ3v) is 5.07. The number of rotatable bonds is 5. The third-order valence-electron chi connectivity index (χ3n) is 5.07. The number of amides is 2. The van der Waals surface area contributed by atoms with Gasteiger partial charge < -0.3 is 10.6 Å². The van der Waals surface area contributed by atoms with Crippen molar-refractivity contribution in [2.75, 3.05) is 25.0 Å². The summed E-state index contributed by atoms with van der Waals surface area (Å²) in [6, 6.07) is 9.79. The highest BCUT2D eigenvalue weighted by atomic mass is 16.2. The van der Waals surface area contributed by atoms with Crippen molar-refractivity contribution in [2.24, 2.45) is 5.92 Å². The van der Waals surface area contributed by atoms with Gasteiger partial charge in [0.1, 0.15) is 0 Å². The van der Waals surface area contributed by atoms with Gasteiger partial charge in [0.05, 0.1) is 0 Å². The molecule has 1 aromatic carbocycles. The summed E-state index contributed by atoms with van der Waals surface area (Å²) in [5.41, 5.74) is 3.97. The van der Waals surface area contributed by atoms with Gasteiger partial charge in [0, 0.05) is 31.2 Å². The second kappa shape index (κ2) is 9.46. The van der Waals surface area contributed by atoms with Crippen molar-refractivity contribution in [2.45, 2.75) is 33.2 Å². The molecule has 0 aliphatic carbocycles. The highest BCUT2D eigenvalue weighted by Crippen LogP contribution is 2.18. The number of benzene rings is 1. The second-order valence-electron chi connectivity index (χ2n) is 7.62. The summed E-state index contributed by atoms with van der Waals surface area (Å²) in [4.78, 5) is 30.8. The molecule has 0 atom stereocenters. The Balaban J connectivity index is 1.39. The Bertz CT molecular complexity index is 794. The number of piperidine rings is 1. The van der Waals surface area contributed by atoms with E-state index in [0.717, 1.165) is 43.6 Å². The van der Waals surface area contributed by atoms with Crippen molar-refractivity contribution in [3.8, 4) is 0 Å². The number of carbonyl (C=O) groups excluding carboxylic acids is 2. The smallest absolute Gasteiger partial charge is 0.313 e. The monoisotopic (exact) mass is 380 g/mol. The first kappa shape index (κ1) is 20.0. The molecule has 2 amide bonds. The molecule has 1 aromatic heterocycles. The van der Waals surface area contributed by atoms with Crippen LogP contribution in [0, 0.1) is 19.8 Å². The summed E-state index contributed by atoms with van der Waals surface area (Å²) >= 11 is 0. The molecule has 2 heterocycles. The third kappa shape index (κ3) is 5.89. The molecule has 0 radical (unpaired) electrons. The van der Waals surface area contributed by atoms with Crippen molar-refractivity contribution < 1.29 is 9.59 Å². The fourth-order valence-electron chi connectivity index (χ4n) is 3.65. The minimum atomic E-state index is -0.612. The molecule has 1 aliphatic rings. The fraction of sp³-hybridized carbons (Fsp3) is 0.409. The standard InChI is InChI=1S/C22H28N4O2/c1-16-10-17(2)12-20(11-16)25-22(28)21(27)24-14-18-5-8-26(9-6-18)15-19-4-3-7-23-13-19/h3-4,7,10-13,18H,5-6,8-9,14-15H2,1-2H3,(H,24,27)(H,25,28). The first-order chi connectivity index (χ1) is 13.5. The lowest BCUT2D eigenvalue weighted by Crippen LogP contribution is -2.41. The molecule has 0 unspecified atom stereocenters. The number of aromatic nitrogens is 1. The fourth-order valence-corrected chi connectivity index (χ4v) is 3.65. The summed E-state index contributed by atoms with van der Waals surface area (Å²) in [6.07, 6.45) is 5.72. The predicted octanol–water partition coefficient (Wildman–Crippen LogP) is 2.67. The van der Waals surface area contributed by atoms with Gasteiger partial charge in [-0.1, -0.05) is 12.1 Å². The lowest BCUT2D eigenvalue weighted by molar-refractivity contribution is -0.136. The number of pyridine rings is 1. The van der Waals surface area contributed by atoms with Crippen molar-refractivity contribution >= 4 is 17.5 Å². The van der Waals surface area contributed by atoms with E-state index in [1.807, 2.05) is 44.3 Å². The van der Waals surface area contributed by atoms with E-state index in [1.165, 1.54) is 5.56 Å². The number of anilines is 1. The van der Waals surface area contributed by atoms with Crippen molar-refractivity contribution in [3.05, 3.63) is 59.4 Å². The number of carbonyl (C=O) groups is 2. The van der Waals surface area contributed by atoms with Crippen LogP contribution in [0.3, 0.4) is 0 Å². The molecule has 1 saturated heterocycles. The number of aryl methyl sites for hydroxylation is 2. The largest absolute Gasteiger partial charge is 0.348 e. The number of nitrogens with zero attached hydrogens (tertiary/aromatic N) is 2. The molecule has 6 heteroatoms. The highest BCUT2D eigenvalue weighted by molar-refractivity contribution is 6.39. The van der Waals surface area contributed by atoms with Crippen LogP contribution >= 0.6 is 0 Å². The molecule has 0 saturated carbocycles. The van der Waals surface area contributed by atoms with E-state index < -0.39 is 11.8 Å². The number of hydrogen-bond acceptors (Lipinski definition) is 4. The van der Waals surface area contributed by atoms with E-state index in [9.17, 15) is 9.59 Å². The van der Waals surface area contributed by atoms with Crippen LogP contribution in [0.2, 0.25) is 0 Å². The molecule has 0 bridgehead atoms. The molecule has 0 spiro atoms. The first-order valence-corrected chi connectivity index (χ1v) is 9.78. The minimum absolute atomic E-state index is 0.406. The lowest BCUT2D eigenvalue weighted by atomic mass is 9.96. The number of nitrogens with one attached hydrogen (secondary N) is 2. The molecule has 2 aromatic rings. The van der Waals surface area contributed by atoms with Gasteiger partial charge in [0.2, 0.25) is 0 Å². The minimum Gasteiger partial charge on any atom is -0.348 e. The molecular weight excluding hydrogens is 352 g/mol. The van der Waals surface area contributed by atoms with Crippen molar-refractivity contribution in [1.29, 1.82) is 0 Å². The number of likely N-dealkylation sites (tertiary alicyclic amines) is 1. The zero-order valence-corrected chi connectivity index (χ0v) is 16.6.